The largest absolute Gasteiger partial charge is 0.487 e. The molecule has 0 unspecified atom stereocenters. The molecular weight excluding hydrogens is 460 g/mol. The summed E-state index contributed by atoms with van der Waals surface area (Å²) in [7, 11) is 0. The van der Waals surface area contributed by atoms with Crippen LogP contribution in [0.5, 0.6) is 0 Å². The summed E-state index contributed by atoms with van der Waals surface area (Å²) in [5.74, 6) is -5.22. The molecule has 0 aliphatic rings. The number of hydrogen-bond acceptors (Lipinski definition) is 8. The van der Waals surface area contributed by atoms with E-state index >= 15 is 0 Å². The van der Waals surface area contributed by atoms with Crippen LogP contribution in [-0.2, 0) is 38.1 Å². The summed E-state index contributed by atoms with van der Waals surface area (Å²) in [6, 6.07) is 0. The molecule has 13 heteroatoms. The average molecular weight is 497 g/mol. The van der Waals surface area contributed by atoms with Gasteiger partial charge in [0, 0.05) is 0 Å². The molecule has 0 radical (unpaired) electrons. The Morgan fingerprint density at radius 1 is 0.485 bits per heavy atom. The highest BCUT2D eigenvalue weighted by molar-refractivity contribution is 5.84. The molecule has 0 aromatic carbocycles. The standard InChI is InChI=1S/4C5H8O3.H4Si/c4*1-3-8-4(2)5(6)7;/h4*2-3H2,1H3,(H,6,7);1H4. The van der Waals surface area contributed by atoms with Gasteiger partial charge in [-0.25, -0.2) is 19.2 Å². The first-order valence-corrected chi connectivity index (χ1v) is 8.92. The van der Waals surface area contributed by atoms with E-state index in [1.54, 1.807) is 27.7 Å². The fourth-order valence-electron chi connectivity index (χ4n) is 0.944. The molecule has 12 nitrogen and oxygen atoms in total. The van der Waals surface area contributed by atoms with Crippen molar-refractivity contribution in [2.75, 3.05) is 26.4 Å². The smallest absolute Gasteiger partial charge is 0.370 e. The summed E-state index contributed by atoms with van der Waals surface area (Å²) in [5, 5.41) is 32.4. The lowest BCUT2D eigenvalue weighted by atomic mass is 10.6. The van der Waals surface area contributed by atoms with Crippen molar-refractivity contribution >= 4 is 34.8 Å². The lowest BCUT2D eigenvalue weighted by Gasteiger charge is -1.97. The van der Waals surface area contributed by atoms with Crippen LogP contribution in [-0.4, -0.2) is 81.7 Å². The molecule has 0 fully saturated rings. The van der Waals surface area contributed by atoms with E-state index < -0.39 is 23.9 Å². The Balaban J connectivity index is -0.000000105. The molecule has 0 spiro atoms. The van der Waals surface area contributed by atoms with Gasteiger partial charge in [0.05, 0.1) is 26.4 Å². The van der Waals surface area contributed by atoms with Crippen molar-refractivity contribution in [3.63, 3.8) is 0 Å². The van der Waals surface area contributed by atoms with Crippen LogP contribution >= 0.6 is 0 Å². The zero-order chi connectivity index (χ0) is 26.3. The molecule has 0 rings (SSSR count). The maximum atomic E-state index is 9.86. The molecule has 33 heavy (non-hydrogen) atoms. The molecule has 0 amide bonds. The number of ether oxygens (including phenoxy) is 4. The second-order valence-electron chi connectivity index (χ2n) is 4.65. The number of aliphatic carboxylic acids is 4. The van der Waals surface area contributed by atoms with Gasteiger partial charge in [0.25, 0.3) is 0 Å². The third-order valence-corrected chi connectivity index (χ3v) is 2.23. The monoisotopic (exact) mass is 496 g/mol. The molecule has 192 valence electrons. The molecule has 4 N–H and O–H groups in total. The van der Waals surface area contributed by atoms with E-state index in [0.29, 0.717) is 26.4 Å². The lowest BCUT2D eigenvalue weighted by Crippen LogP contribution is -2.02. The predicted octanol–water partition coefficient (Wildman–Crippen LogP) is 1.03. The maximum Gasteiger partial charge on any atom is 0.370 e. The second-order valence-corrected chi connectivity index (χ2v) is 4.65. The quantitative estimate of drug-likeness (QED) is 0.171. The van der Waals surface area contributed by atoms with Crippen LogP contribution in [0.3, 0.4) is 0 Å². The summed E-state index contributed by atoms with van der Waals surface area (Å²) in [5.41, 5.74) is 0. The first-order valence-electron chi connectivity index (χ1n) is 8.92. The van der Waals surface area contributed by atoms with Crippen molar-refractivity contribution in [3.8, 4) is 0 Å². The van der Waals surface area contributed by atoms with Crippen LogP contribution in [0.2, 0.25) is 0 Å². The van der Waals surface area contributed by atoms with Gasteiger partial charge < -0.3 is 39.4 Å². The highest BCUT2D eigenvalue weighted by Crippen LogP contribution is 1.91. The van der Waals surface area contributed by atoms with Crippen LogP contribution in [0.15, 0.2) is 49.4 Å². The lowest BCUT2D eigenvalue weighted by molar-refractivity contribution is -0.137. The highest BCUT2D eigenvalue weighted by atomic mass is 28.1. The van der Waals surface area contributed by atoms with Crippen molar-refractivity contribution in [2.45, 2.75) is 27.7 Å². The number of rotatable bonds is 12. The third kappa shape index (κ3) is 33.1. The predicted molar refractivity (Wildman–Crippen MR) is 125 cm³/mol. The zero-order valence-corrected chi connectivity index (χ0v) is 18.7. The van der Waals surface area contributed by atoms with Gasteiger partial charge in [-0.1, -0.05) is 0 Å². The number of carbonyl (C=O) groups is 4. The zero-order valence-electron chi connectivity index (χ0n) is 18.7. The van der Waals surface area contributed by atoms with E-state index in [2.05, 4.69) is 45.3 Å². The summed E-state index contributed by atoms with van der Waals surface area (Å²) in [6.07, 6.45) is 0. The fourth-order valence-corrected chi connectivity index (χ4v) is 0.944. The van der Waals surface area contributed by atoms with E-state index in [9.17, 15) is 19.2 Å². The van der Waals surface area contributed by atoms with Crippen LogP contribution in [0.1, 0.15) is 27.7 Å². The normalized spacial score (nSPS) is 7.88. The minimum Gasteiger partial charge on any atom is -0.487 e. The van der Waals surface area contributed by atoms with Gasteiger partial charge in [0.15, 0.2) is 23.0 Å². The Bertz CT molecular complexity index is 543. The van der Waals surface area contributed by atoms with E-state index in [0.717, 1.165) is 0 Å². The molecule has 0 aliphatic carbocycles. The Hall–Kier alpha value is -3.74. The summed E-state index contributed by atoms with van der Waals surface area (Å²) in [4.78, 5) is 39.5. The van der Waals surface area contributed by atoms with Gasteiger partial charge in [-0.05, 0) is 65.0 Å². The van der Waals surface area contributed by atoms with Crippen LogP contribution in [0, 0.1) is 0 Å². The van der Waals surface area contributed by atoms with Crippen molar-refractivity contribution in [1.82, 2.24) is 0 Å². The molecule has 0 saturated carbocycles. The van der Waals surface area contributed by atoms with Gasteiger partial charge in [0.1, 0.15) is 0 Å². The average Bonchev–Trinajstić information content (AvgIpc) is 2.70. The Labute approximate surface area is 197 Å². The van der Waals surface area contributed by atoms with Crippen LogP contribution in [0.25, 0.3) is 0 Å². The van der Waals surface area contributed by atoms with Crippen LogP contribution in [0.4, 0.5) is 0 Å². The second kappa shape index (κ2) is 26.3. The fraction of sp³-hybridized carbons (Fsp3) is 0.400. The minimum atomic E-state index is -1.10. The molecular formula is C20H36O12Si. The Kier molecular flexibility index (Phi) is 31.6. The van der Waals surface area contributed by atoms with Gasteiger partial charge >= 0.3 is 23.9 Å². The van der Waals surface area contributed by atoms with Crippen LogP contribution < -0.4 is 0 Å². The molecule has 0 aromatic heterocycles. The SMILES string of the molecule is C=C(OCC)C(=O)O.C=C(OCC)C(=O)O.C=C(OCC)C(=O)O.C=C(OCC)C(=O)O.[SiH4]. The van der Waals surface area contributed by atoms with Gasteiger partial charge in [-0.15, -0.1) is 0 Å². The first-order chi connectivity index (χ1) is 14.7. The number of carboxylic acid groups (broad SMARTS) is 4. The van der Waals surface area contributed by atoms with Crippen molar-refractivity contribution < 1.29 is 58.6 Å². The Morgan fingerprint density at radius 3 is 0.636 bits per heavy atom. The molecule has 0 heterocycles. The summed E-state index contributed by atoms with van der Waals surface area (Å²) >= 11 is 0. The van der Waals surface area contributed by atoms with Gasteiger partial charge in [0.2, 0.25) is 0 Å². The maximum absolute atomic E-state index is 9.86. The van der Waals surface area contributed by atoms with Crippen molar-refractivity contribution in [2.24, 2.45) is 0 Å². The molecule has 0 atom stereocenters. The first kappa shape index (κ1) is 39.7. The number of carboxylic acids is 4. The number of hydrogen-bond donors (Lipinski definition) is 4. The third-order valence-electron chi connectivity index (χ3n) is 2.23. The molecule has 0 aromatic rings. The van der Waals surface area contributed by atoms with E-state index in [1.165, 1.54) is 0 Å². The Morgan fingerprint density at radius 2 is 0.606 bits per heavy atom. The highest BCUT2D eigenvalue weighted by Gasteiger charge is 2.02. The van der Waals surface area contributed by atoms with Crippen molar-refractivity contribution in [1.29, 1.82) is 0 Å². The van der Waals surface area contributed by atoms with E-state index in [4.69, 9.17) is 20.4 Å². The van der Waals surface area contributed by atoms with Gasteiger partial charge in [-0.3, -0.25) is 0 Å². The van der Waals surface area contributed by atoms with E-state index in [1.807, 2.05) is 0 Å². The molecule has 0 saturated heterocycles. The summed E-state index contributed by atoms with van der Waals surface area (Å²) in [6.45, 7) is 20.7. The molecule has 0 aliphatic heterocycles. The van der Waals surface area contributed by atoms with E-state index in [-0.39, 0.29) is 34.0 Å². The van der Waals surface area contributed by atoms with Gasteiger partial charge in [-0.2, -0.15) is 0 Å². The topological polar surface area (TPSA) is 186 Å². The summed E-state index contributed by atoms with van der Waals surface area (Å²) < 4.78 is 18.0. The van der Waals surface area contributed by atoms with Crippen molar-refractivity contribution in [3.05, 3.63) is 49.4 Å². The molecule has 0 bridgehead atoms. The minimum absolute atomic E-state index is 0.